The first-order valence-electron chi connectivity index (χ1n) is 11.3. The number of ketones is 1. The summed E-state index contributed by atoms with van der Waals surface area (Å²) in [6, 6.07) is 13.6. The number of benzene rings is 2. The molecule has 0 fully saturated rings. The lowest BCUT2D eigenvalue weighted by Gasteiger charge is -2.13. The molecule has 4 N–H and O–H groups in total. The van der Waals surface area contributed by atoms with Crippen LogP contribution in [0.1, 0.15) is 51.7 Å². The summed E-state index contributed by atoms with van der Waals surface area (Å²) in [6.07, 6.45) is 2.33. The van der Waals surface area contributed by atoms with Crippen molar-refractivity contribution in [2.75, 3.05) is 18.1 Å². The fraction of sp³-hybridized carbons (Fsp3) is 0.269. The minimum Gasteiger partial charge on any atom is -0.383 e. The Balaban J connectivity index is 1.40. The van der Waals surface area contributed by atoms with E-state index in [9.17, 15) is 9.59 Å². The van der Waals surface area contributed by atoms with Gasteiger partial charge in [0.15, 0.2) is 5.78 Å². The number of fused-ring (bicyclic) bond motifs is 4. The normalized spacial score (nSPS) is 13.3. The fourth-order valence-corrected chi connectivity index (χ4v) is 4.85. The second-order valence-corrected chi connectivity index (χ2v) is 8.46. The zero-order valence-corrected chi connectivity index (χ0v) is 18.9. The quantitative estimate of drug-likeness (QED) is 0.429. The lowest BCUT2D eigenvalue weighted by molar-refractivity contribution is 0.0947. The van der Waals surface area contributed by atoms with Gasteiger partial charge in [-0.25, -0.2) is 4.98 Å². The number of amides is 1. The number of hydrogen-bond acceptors (Lipinski definition) is 5. The highest BCUT2D eigenvalue weighted by atomic mass is 16.1. The van der Waals surface area contributed by atoms with Crippen molar-refractivity contribution in [1.82, 2.24) is 14.9 Å². The van der Waals surface area contributed by atoms with Gasteiger partial charge in [0, 0.05) is 48.4 Å². The number of nitrogens with two attached hydrogens (primary N) is 1. The predicted octanol–water partition coefficient (Wildman–Crippen LogP) is 4.28. The molecule has 0 spiro atoms. The second kappa shape index (κ2) is 8.24. The number of hydrogen-bond donors (Lipinski definition) is 3. The molecule has 7 heteroatoms. The summed E-state index contributed by atoms with van der Waals surface area (Å²) < 4.78 is 2.08. The van der Waals surface area contributed by atoms with Crippen LogP contribution in [0.5, 0.6) is 0 Å². The Morgan fingerprint density at radius 1 is 1.12 bits per heavy atom. The molecule has 168 valence electrons. The second-order valence-electron chi connectivity index (χ2n) is 8.46. The van der Waals surface area contributed by atoms with Gasteiger partial charge in [0.1, 0.15) is 11.6 Å². The maximum absolute atomic E-state index is 13.0. The van der Waals surface area contributed by atoms with Gasteiger partial charge in [0.2, 0.25) is 0 Å². The molecule has 2 heterocycles. The van der Waals surface area contributed by atoms with Crippen molar-refractivity contribution in [2.45, 2.75) is 39.3 Å². The van der Waals surface area contributed by atoms with Crippen molar-refractivity contribution in [3.63, 3.8) is 0 Å². The zero-order valence-electron chi connectivity index (χ0n) is 18.9. The van der Waals surface area contributed by atoms with Gasteiger partial charge in [0.05, 0.1) is 5.69 Å². The van der Waals surface area contributed by atoms with Crippen LogP contribution < -0.4 is 16.4 Å². The van der Waals surface area contributed by atoms with Crippen LogP contribution in [0, 0.1) is 0 Å². The van der Waals surface area contributed by atoms with E-state index in [-0.39, 0.29) is 11.7 Å². The van der Waals surface area contributed by atoms with E-state index in [1.807, 2.05) is 49.4 Å². The number of carbonyl (C=O) groups excluding carboxylic acids is 2. The Kier molecular flexibility index (Phi) is 5.24. The molecule has 4 aromatic rings. The number of carbonyl (C=O) groups is 2. The van der Waals surface area contributed by atoms with E-state index >= 15 is 0 Å². The van der Waals surface area contributed by atoms with Gasteiger partial charge in [0.25, 0.3) is 5.91 Å². The lowest BCUT2D eigenvalue weighted by atomic mass is 9.94. The first-order valence-corrected chi connectivity index (χ1v) is 11.3. The molecule has 0 saturated heterocycles. The van der Waals surface area contributed by atoms with Crippen LogP contribution in [-0.2, 0) is 19.5 Å². The third-order valence-electron chi connectivity index (χ3n) is 6.48. The summed E-state index contributed by atoms with van der Waals surface area (Å²) in [5, 5.41) is 8.88. The standard InChI is InChI=1S/C26H27N5O2/c1-3-31-21-10-9-17(12-20(21)18-5-4-6-22(32)24(18)31)26(33)29-14-15-7-8-16-13-23(28-2)30-25(27)19(16)11-15/h7-13H,3-6,14H2,1-2H3,(H,29,33)(H3,27,28,30). The Hall–Kier alpha value is -3.87. The monoisotopic (exact) mass is 441 g/mol. The van der Waals surface area contributed by atoms with Gasteiger partial charge in [-0.1, -0.05) is 12.1 Å². The average molecular weight is 442 g/mol. The summed E-state index contributed by atoms with van der Waals surface area (Å²) >= 11 is 0. The minimum absolute atomic E-state index is 0.145. The largest absolute Gasteiger partial charge is 0.383 e. The zero-order chi connectivity index (χ0) is 23.1. The molecule has 1 aliphatic rings. The van der Waals surface area contributed by atoms with Crippen LogP contribution in [0.25, 0.3) is 21.7 Å². The number of aromatic nitrogens is 2. The van der Waals surface area contributed by atoms with E-state index in [0.29, 0.717) is 24.3 Å². The molecule has 0 unspecified atom stereocenters. The first kappa shape index (κ1) is 21.0. The minimum atomic E-state index is -0.145. The average Bonchev–Trinajstić information content (AvgIpc) is 3.16. The molecule has 1 aliphatic carbocycles. The van der Waals surface area contributed by atoms with E-state index in [4.69, 9.17) is 5.73 Å². The van der Waals surface area contributed by atoms with E-state index in [2.05, 4.69) is 20.2 Å². The molecule has 7 nitrogen and oxygen atoms in total. The molecule has 2 aromatic carbocycles. The van der Waals surface area contributed by atoms with E-state index in [0.717, 1.165) is 63.7 Å². The molecule has 0 aliphatic heterocycles. The van der Waals surface area contributed by atoms with E-state index < -0.39 is 0 Å². The van der Waals surface area contributed by atoms with Crippen molar-refractivity contribution in [1.29, 1.82) is 0 Å². The van der Waals surface area contributed by atoms with Crippen LogP contribution in [0.2, 0.25) is 0 Å². The maximum atomic E-state index is 13.0. The van der Waals surface area contributed by atoms with Gasteiger partial charge in [-0.3, -0.25) is 9.59 Å². The summed E-state index contributed by atoms with van der Waals surface area (Å²) in [4.78, 5) is 29.8. The number of nitrogen functional groups attached to an aromatic ring is 1. The molecule has 0 radical (unpaired) electrons. The number of anilines is 2. The molecular formula is C26H27N5O2. The number of aryl methyl sites for hydroxylation is 2. The molecule has 5 rings (SSSR count). The molecule has 0 bridgehead atoms. The molecule has 33 heavy (non-hydrogen) atoms. The first-order chi connectivity index (χ1) is 16.0. The smallest absolute Gasteiger partial charge is 0.251 e. The summed E-state index contributed by atoms with van der Waals surface area (Å²) in [5.74, 6) is 1.23. The van der Waals surface area contributed by atoms with Crippen molar-refractivity contribution in [2.24, 2.45) is 0 Å². The highest BCUT2D eigenvalue weighted by molar-refractivity contribution is 6.06. The third kappa shape index (κ3) is 3.59. The van der Waals surface area contributed by atoms with Crippen LogP contribution >= 0.6 is 0 Å². The van der Waals surface area contributed by atoms with Crippen LogP contribution in [-0.4, -0.2) is 28.3 Å². The number of Topliss-reactive ketones (excluding diaryl/α,β-unsaturated/α-hetero) is 1. The van der Waals surface area contributed by atoms with Gasteiger partial charge >= 0.3 is 0 Å². The van der Waals surface area contributed by atoms with Crippen LogP contribution in [0.3, 0.4) is 0 Å². The van der Waals surface area contributed by atoms with Crippen molar-refractivity contribution < 1.29 is 9.59 Å². The summed E-state index contributed by atoms with van der Waals surface area (Å²) in [6.45, 7) is 3.17. The number of nitrogens with one attached hydrogen (secondary N) is 2. The maximum Gasteiger partial charge on any atom is 0.251 e. The number of rotatable bonds is 5. The van der Waals surface area contributed by atoms with Gasteiger partial charge < -0.3 is 20.9 Å². The Labute approximate surface area is 192 Å². The summed E-state index contributed by atoms with van der Waals surface area (Å²) in [5.41, 5.74) is 10.6. The number of pyridine rings is 1. The number of nitrogens with zero attached hydrogens (tertiary/aromatic N) is 2. The predicted molar refractivity (Wildman–Crippen MR) is 132 cm³/mol. The topological polar surface area (TPSA) is 102 Å². The Morgan fingerprint density at radius 3 is 2.76 bits per heavy atom. The van der Waals surface area contributed by atoms with E-state index in [1.165, 1.54) is 0 Å². The van der Waals surface area contributed by atoms with E-state index in [1.54, 1.807) is 7.05 Å². The third-order valence-corrected chi connectivity index (χ3v) is 6.48. The van der Waals surface area contributed by atoms with Crippen LogP contribution in [0.15, 0.2) is 42.5 Å². The summed E-state index contributed by atoms with van der Waals surface area (Å²) in [7, 11) is 1.81. The van der Waals surface area contributed by atoms with Crippen molar-refractivity contribution >= 4 is 45.0 Å². The van der Waals surface area contributed by atoms with Gasteiger partial charge in [-0.05, 0) is 66.6 Å². The Morgan fingerprint density at radius 2 is 1.97 bits per heavy atom. The molecule has 1 amide bonds. The van der Waals surface area contributed by atoms with Gasteiger partial charge in [-0.15, -0.1) is 0 Å². The molecule has 2 aromatic heterocycles. The molecule has 0 atom stereocenters. The fourth-order valence-electron chi connectivity index (χ4n) is 4.85. The highest BCUT2D eigenvalue weighted by Gasteiger charge is 2.25. The highest BCUT2D eigenvalue weighted by Crippen LogP contribution is 2.33. The van der Waals surface area contributed by atoms with Crippen molar-refractivity contribution in [3.8, 4) is 0 Å². The molecular weight excluding hydrogens is 414 g/mol. The molecule has 0 saturated carbocycles. The van der Waals surface area contributed by atoms with Crippen molar-refractivity contribution in [3.05, 3.63) is 64.8 Å². The lowest BCUT2D eigenvalue weighted by Crippen LogP contribution is -2.22. The Bertz CT molecular complexity index is 1420. The van der Waals surface area contributed by atoms with Crippen LogP contribution in [0.4, 0.5) is 11.6 Å². The van der Waals surface area contributed by atoms with Gasteiger partial charge in [-0.2, -0.15) is 0 Å². The SMILES string of the molecule is CCn1c2c(c3cc(C(=O)NCc4ccc5cc(NC)nc(N)c5c4)ccc31)CCCC2=O.